The second-order valence-electron chi connectivity index (χ2n) is 8.13. The van der Waals surface area contributed by atoms with E-state index in [0.29, 0.717) is 17.9 Å². The highest BCUT2D eigenvalue weighted by molar-refractivity contribution is 5.59. The van der Waals surface area contributed by atoms with E-state index < -0.39 is 11.7 Å². The molecule has 8 heteroatoms. The standard InChI is InChI=1S/C26H25F3N4O/c1-19-16-24(11-8-21(19)4-2-3-14-33-15-13-31-32-33)34-18-20-5-12-25(30-17-20)22-6-9-23(10-7-22)26(27,28)29/h5-13,15-17H,2-4,14,18H2,1H3. The zero-order valence-electron chi connectivity index (χ0n) is 18.8. The van der Waals surface area contributed by atoms with Crippen LogP contribution in [0.15, 0.2) is 73.2 Å². The molecule has 0 spiro atoms. The molecule has 0 atom stereocenters. The first-order valence-electron chi connectivity index (χ1n) is 11.1. The number of hydrogen-bond acceptors (Lipinski definition) is 4. The Bertz CT molecular complexity index is 1190. The molecule has 5 nitrogen and oxygen atoms in total. The Morgan fingerprint density at radius 3 is 2.44 bits per heavy atom. The normalized spacial score (nSPS) is 11.5. The van der Waals surface area contributed by atoms with Gasteiger partial charge in [-0.05, 0) is 67.6 Å². The third-order valence-electron chi connectivity index (χ3n) is 5.61. The fourth-order valence-corrected chi connectivity index (χ4v) is 3.66. The summed E-state index contributed by atoms with van der Waals surface area (Å²) in [4.78, 5) is 4.37. The first kappa shape index (κ1) is 23.5. The van der Waals surface area contributed by atoms with Gasteiger partial charge in [-0.3, -0.25) is 9.67 Å². The number of rotatable bonds is 9. The summed E-state index contributed by atoms with van der Waals surface area (Å²) in [6.45, 7) is 3.31. The highest BCUT2D eigenvalue weighted by Gasteiger charge is 2.30. The molecule has 0 saturated heterocycles. The van der Waals surface area contributed by atoms with Crippen molar-refractivity contribution in [1.29, 1.82) is 0 Å². The Morgan fingerprint density at radius 2 is 1.79 bits per heavy atom. The molecule has 2 aromatic carbocycles. The fourth-order valence-electron chi connectivity index (χ4n) is 3.66. The Morgan fingerprint density at radius 1 is 0.971 bits per heavy atom. The van der Waals surface area contributed by atoms with Crippen molar-refractivity contribution in [2.75, 3.05) is 0 Å². The van der Waals surface area contributed by atoms with Crippen molar-refractivity contribution in [3.63, 3.8) is 0 Å². The zero-order chi connectivity index (χ0) is 24.0. The Labute approximate surface area is 196 Å². The van der Waals surface area contributed by atoms with E-state index in [1.807, 2.05) is 29.1 Å². The van der Waals surface area contributed by atoms with E-state index in [1.54, 1.807) is 18.5 Å². The lowest BCUT2D eigenvalue weighted by Crippen LogP contribution is -2.04. The molecule has 0 aliphatic carbocycles. The van der Waals surface area contributed by atoms with Gasteiger partial charge >= 0.3 is 6.18 Å². The molecule has 34 heavy (non-hydrogen) atoms. The van der Waals surface area contributed by atoms with Crippen LogP contribution in [0.3, 0.4) is 0 Å². The minimum Gasteiger partial charge on any atom is -0.489 e. The zero-order valence-corrected chi connectivity index (χ0v) is 18.8. The van der Waals surface area contributed by atoms with Crippen molar-refractivity contribution >= 4 is 0 Å². The van der Waals surface area contributed by atoms with E-state index in [4.69, 9.17) is 4.74 Å². The van der Waals surface area contributed by atoms with Gasteiger partial charge < -0.3 is 4.74 Å². The number of halogens is 3. The molecule has 0 aliphatic rings. The summed E-state index contributed by atoms with van der Waals surface area (Å²) in [7, 11) is 0. The van der Waals surface area contributed by atoms with Crippen LogP contribution in [0.25, 0.3) is 11.3 Å². The van der Waals surface area contributed by atoms with Gasteiger partial charge in [0.25, 0.3) is 0 Å². The molecule has 0 N–H and O–H groups in total. The van der Waals surface area contributed by atoms with Gasteiger partial charge in [0.15, 0.2) is 0 Å². The van der Waals surface area contributed by atoms with E-state index in [0.717, 1.165) is 49.3 Å². The monoisotopic (exact) mass is 466 g/mol. The molecular weight excluding hydrogens is 441 g/mol. The van der Waals surface area contributed by atoms with Crippen LogP contribution < -0.4 is 4.74 Å². The van der Waals surface area contributed by atoms with Crippen LogP contribution in [0, 0.1) is 6.92 Å². The van der Waals surface area contributed by atoms with Crippen LogP contribution in [0.2, 0.25) is 0 Å². The van der Waals surface area contributed by atoms with Crippen LogP contribution in [0.1, 0.15) is 35.1 Å². The molecule has 0 amide bonds. The smallest absolute Gasteiger partial charge is 0.416 e. The van der Waals surface area contributed by atoms with E-state index in [-0.39, 0.29) is 0 Å². The molecule has 0 saturated carbocycles. The van der Waals surface area contributed by atoms with Gasteiger partial charge in [0, 0.05) is 30.1 Å². The van der Waals surface area contributed by atoms with Gasteiger partial charge in [0.05, 0.1) is 17.5 Å². The van der Waals surface area contributed by atoms with Crippen LogP contribution in [-0.4, -0.2) is 20.0 Å². The minimum atomic E-state index is -4.34. The molecule has 0 unspecified atom stereocenters. The lowest BCUT2D eigenvalue weighted by Gasteiger charge is -2.11. The molecule has 2 heterocycles. The van der Waals surface area contributed by atoms with Crippen LogP contribution >= 0.6 is 0 Å². The van der Waals surface area contributed by atoms with E-state index in [2.05, 4.69) is 28.3 Å². The minimum absolute atomic E-state index is 0.358. The highest BCUT2D eigenvalue weighted by Crippen LogP contribution is 2.30. The van der Waals surface area contributed by atoms with Gasteiger partial charge in [0.2, 0.25) is 0 Å². The number of nitrogens with zero attached hydrogens (tertiary/aromatic N) is 4. The Kier molecular flexibility index (Phi) is 7.25. The van der Waals surface area contributed by atoms with Crippen molar-refractivity contribution in [3.8, 4) is 17.0 Å². The summed E-state index contributed by atoms with van der Waals surface area (Å²) in [6, 6.07) is 14.8. The highest BCUT2D eigenvalue weighted by atomic mass is 19.4. The average Bonchev–Trinajstić information content (AvgIpc) is 3.35. The first-order valence-corrected chi connectivity index (χ1v) is 11.1. The van der Waals surface area contributed by atoms with Crippen LogP contribution in [0.5, 0.6) is 5.75 Å². The van der Waals surface area contributed by atoms with Crippen molar-refractivity contribution in [2.24, 2.45) is 0 Å². The van der Waals surface area contributed by atoms with Crippen molar-refractivity contribution in [3.05, 3.63) is 95.4 Å². The van der Waals surface area contributed by atoms with Gasteiger partial charge in [-0.15, -0.1) is 5.10 Å². The number of aryl methyl sites for hydroxylation is 3. The van der Waals surface area contributed by atoms with E-state index in [1.165, 1.54) is 23.3 Å². The fraction of sp³-hybridized carbons (Fsp3) is 0.269. The van der Waals surface area contributed by atoms with E-state index >= 15 is 0 Å². The number of unbranched alkanes of at least 4 members (excludes halogenated alkanes) is 1. The predicted octanol–water partition coefficient (Wildman–Crippen LogP) is 6.27. The molecule has 0 aliphatic heterocycles. The van der Waals surface area contributed by atoms with Crippen LogP contribution in [0.4, 0.5) is 13.2 Å². The van der Waals surface area contributed by atoms with Crippen LogP contribution in [-0.2, 0) is 25.7 Å². The van der Waals surface area contributed by atoms with Gasteiger partial charge in [-0.25, -0.2) is 0 Å². The Balaban J connectivity index is 1.28. The SMILES string of the molecule is Cc1cc(OCc2ccc(-c3ccc(C(F)(F)F)cc3)nc2)ccc1CCCCn1ccnn1. The summed E-state index contributed by atoms with van der Waals surface area (Å²) < 4.78 is 46.0. The third-order valence-corrected chi connectivity index (χ3v) is 5.61. The summed E-state index contributed by atoms with van der Waals surface area (Å²) in [5.41, 5.74) is 3.94. The largest absolute Gasteiger partial charge is 0.489 e. The number of aromatic nitrogens is 4. The number of alkyl halides is 3. The maximum absolute atomic E-state index is 12.7. The number of benzene rings is 2. The maximum Gasteiger partial charge on any atom is 0.416 e. The number of pyridine rings is 1. The van der Waals surface area contributed by atoms with Crippen molar-refractivity contribution < 1.29 is 17.9 Å². The van der Waals surface area contributed by atoms with Gasteiger partial charge in [0.1, 0.15) is 12.4 Å². The predicted molar refractivity (Wildman–Crippen MR) is 123 cm³/mol. The van der Waals surface area contributed by atoms with Crippen molar-refractivity contribution in [2.45, 2.75) is 45.5 Å². The second kappa shape index (κ2) is 10.5. The van der Waals surface area contributed by atoms with Gasteiger partial charge in [-0.2, -0.15) is 13.2 Å². The molecule has 0 fully saturated rings. The molecule has 2 aromatic heterocycles. The summed E-state index contributed by atoms with van der Waals surface area (Å²) >= 11 is 0. The second-order valence-corrected chi connectivity index (χ2v) is 8.13. The third kappa shape index (κ3) is 6.21. The molecular formula is C26H25F3N4O. The maximum atomic E-state index is 12.7. The lowest BCUT2D eigenvalue weighted by molar-refractivity contribution is -0.137. The Hall–Kier alpha value is -3.68. The van der Waals surface area contributed by atoms with E-state index in [9.17, 15) is 13.2 Å². The quantitative estimate of drug-likeness (QED) is 0.273. The average molecular weight is 467 g/mol. The summed E-state index contributed by atoms with van der Waals surface area (Å²) in [5, 5.41) is 7.79. The molecule has 0 radical (unpaired) electrons. The summed E-state index contributed by atoms with van der Waals surface area (Å²) in [5.74, 6) is 0.788. The number of ether oxygens (including phenoxy) is 1. The molecule has 0 bridgehead atoms. The number of hydrogen-bond donors (Lipinski definition) is 0. The molecule has 176 valence electrons. The summed E-state index contributed by atoms with van der Waals surface area (Å²) in [6.07, 6.45) is 4.00. The molecule has 4 aromatic rings. The van der Waals surface area contributed by atoms with Gasteiger partial charge in [-0.1, -0.05) is 29.5 Å². The molecule has 4 rings (SSSR count). The van der Waals surface area contributed by atoms with Crippen molar-refractivity contribution in [1.82, 2.24) is 20.0 Å². The topological polar surface area (TPSA) is 52.8 Å². The lowest BCUT2D eigenvalue weighted by atomic mass is 10.0. The first-order chi connectivity index (χ1) is 16.4.